The van der Waals surface area contributed by atoms with Crippen molar-refractivity contribution in [3.05, 3.63) is 83.0 Å². The molecule has 0 bridgehead atoms. The standard InChI is InChI=1S/C21H15N3O2/c25-21-19-18(23-20(26-19)14-7-6-12-22-13-14)16-10-4-5-11-17(16)24(21)15-8-2-1-3-9-15/h1-12,14H,13H2. The lowest BCUT2D eigenvalue weighted by atomic mass is 10.1. The summed E-state index contributed by atoms with van der Waals surface area (Å²) in [6.45, 7) is 0.578. The summed E-state index contributed by atoms with van der Waals surface area (Å²) >= 11 is 0. The van der Waals surface area contributed by atoms with Crippen LogP contribution < -0.4 is 5.56 Å². The van der Waals surface area contributed by atoms with Crippen LogP contribution in [0, 0.1) is 0 Å². The third-order valence-electron chi connectivity index (χ3n) is 4.61. The molecular weight excluding hydrogens is 326 g/mol. The van der Waals surface area contributed by atoms with Crippen molar-refractivity contribution in [1.29, 1.82) is 0 Å². The van der Waals surface area contributed by atoms with Gasteiger partial charge >= 0.3 is 5.56 Å². The Hall–Kier alpha value is -3.47. The van der Waals surface area contributed by atoms with E-state index in [-0.39, 0.29) is 17.1 Å². The van der Waals surface area contributed by atoms with E-state index in [0.29, 0.717) is 18.0 Å². The zero-order valence-electron chi connectivity index (χ0n) is 13.9. The van der Waals surface area contributed by atoms with Crippen LogP contribution in [0.2, 0.25) is 0 Å². The molecule has 0 saturated carbocycles. The summed E-state index contributed by atoms with van der Waals surface area (Å²) in [6, 6.07) is 17.4. The van der Waals surface area contributed by atoms with E-state index in [2.05, 4.69) is 9.98 Å². The zero-order valence-corrected chi connectivity index (χ0v) is 13.9. The van der Waals surface area contributed by atoms with Gasteiger partial charge in [-0.3, -0.25) is 14.4 Å². The number of aromatic nitrogens is 2. The van der Waals surface area contributed by atoms with E-state index in [1.54, 1.807) is 10.8 Å². The topological polar surface area (TPSA) is 60.4 Å². The van der Waals surface area contributed by atoms with Crippen LogP contribution in [0.4, 0.5) is 0 Å². The van der Waals surface area contributed by atoms with Crippen molar-refractivity contribution in [1.82, 2.24) is 9.55 Å². The summed E-state index contributed by atoms with van der Waals surface area (Å²) in [6.07, 6.45) is 5.63. The summed E-state index contributed by atoms with van der Waals surface area (Å²) < 4.78 is 7.62. The molecule has 1 aliphatic heterocycles. The number of benzene rings is 2. The van der Waals surface area contributed by atoms with E-state index in [0.717, 1.165) is 16.6 Å². The fraction of sp³-hybridized carbons (Fsp3) is 0.0952. The Morgan fingerprint density at radius 3 is 2.65 bits per heavy atom. The van der Waals surface area contributed by atoms with Gasteiger partial charge in [-0.05, 0) is 24.3 Å². The van der Waals surface area contributed by atoms with Crippen molar-refractivity contribution in [3.8, 4) is 5.69 Å². The smallest absolute Gasteiger partial charge is 0.300 e. The first-order chi connectivity index (χ1) is 12.8. The normalized spacial score (nSPS) is 16.5. The summed E-state index contributed by atoms with van der Waals surface area (Å²) in [5.74, 6) is 0.483. The van der Waals surface area contributed by atoms with Gasteiger partial charge < -0.3 is 4.42 Å². The van der Waals surface area contributed by atoms with Gasteiger partial charge in [-0.25, -0.2) is 4.98 Å². The number of nitrogens with zero attached hydrogens (tertiary/aromatic N) is 3. The number of hydrogen-bond donors (Lipinski definition) is 0. The molecule has 0 spiro atoms. The predicted octanol–water partition coefficient (Wildman–Crippen LogP) is 3.86. The SMILES string of the molecule is O=c1c2oc(C3C=CC=NC3)nc2c2ccccc2n1-c1ccccc1. The molecule has 0 amide bonds. The summed E-state index contributed by atoms with van der Waals surface area (Å²) in [7, 11) is 0. The number of oxazole rings is 1. The van der Waals surface area contributed by atoms with Crippen molar-refractivity contribution < 1.29 is 4.42 Å². The molecule has 2 aromatic carbocycles. The third kappa shape index (κ3) is 2.21. The minimum atomic E-state index is -0.202. The Kier molecular flexibility index (Phi) is 3.31. The lowest BCUT2D eigenvalue weighted by molar-refractivity contribution is 0.504. The Labute approximate surface area is 148 Å². The predicted molar refractivity (Wildman–Crippen MR) is 102 cm³/mol. The van der Waals surface area contributed by atoms with Crippen molar-refractivity contribution in [2.75, 3.05) is 6.54 Å². The highest BCUT2D eigenvalue weighted by Crippen LogP contribution is 2.28. The fourth-order valence-electron chi connectivity index (χ4n) is 3.38. The largest absolute Gasteiger partial charge is 0.434 e. The Bertz CT molecular complexity index is 1230. The van der Waals surface area contributed by atoms with Crippen molar-refractivity contribution >= 4 is 28.2 Å². The van der Waals surface area contributed by atoms with E-state index in [9.17, 15) is 4.79 Å². The van der Waals surface area contributed by atoms with Crippen LogP contribution >= 0.6 is 0 Å². The van der Waals surface area contributed by atoms with Gasteiger partial charge in [0.25, 0.3) is 0 Å². The number of pyridine rings is 1. The van der Waals surface area contributed by atoms with Gasteiger partial charge in [0.1, 0.15) is 5.52 Å². The number of rotatable bonds is 2. The maximum Gasteiger partial charge on any atom is 0.300 e. The lowest BCUT2D eigenvalue weighted by Crippen LogP contribution is -2.18. The molecule has 3 heterocycles. The summed E-state index contributed by atoms with van der Waals surface area (Å²) in [5, 5.41) is 0.893. The Morgan fingerprint density at radius 1 is 1.04 bits per heavy atom. The van der Waals surface area contributed by atoms with Crippen LogP contribution in [0.25, 0.3) is 27.7 Å². The maximum atomic E-state index is 13.2. The molecule has 5 heteroatoms. The van der Waals surface area contributed by atoms with Crippen LogP contribution in [0.15, 0.2) is 81.0 Å². The number of fused-ring (bicyclic) bond motifs is 3. The van der Waals surface area contributed by atoms with Gasteiger partial charge in [-0.1, -0.05) is 42.5 Å². The lowest BCUT2D eigenvalue weighted by Gasteiger charge is -2.10. The number of para-hydroxylation sites is 2. The molecular formula is C21H15N3O2. The molecule has 0 radical (unpaired) electrons. The molecule has 1 unspecified atom stereocenters. The van der Waals surface area contributed by atoms with Gasteiger partial charge in [0, 0.05) is 17.3 Å². The van der Waals surface area contributed by atoms with Crippen LogP contribution in [-0.4, -0.2) is 22.3 Å². The second-order valence-electron chi connectivity index (χ2n) is 6.23. The average molecular weight is 341 g/mol. The molecule has 1 aliphatic rings. The molecule has 26 heavy (non-hydrogen) atoms. The molecule has 0 saturated heterocycles. The van der Waals surface area contributed by atoms with Gasteiger partial charge in [0.2, 0.25) is 11.5 Å². The number of hydrogen-bond acceptors (Lipinski definition) is 4. The summed E-state index contributed by atoms with van der Waals surface area (Å²) in [4.78, 5) is 22.1. The van der Waals surface area contributed by atoms with Crippen LogP contribution in [0.5, 0.6) is 0 Å². The monoisotopic (exact) mass is 341 g/mol. The molecule has 4 aromatic rings. The number of dihydropyridines is 1. The van der Waals surface area contributed by atoms with Gasteiger partial charge in [-0.2, -0.15) is 0 Å². The molecule has 1 atom stereocenters. The molecule has 126 valence electrons. The zero-order chi connectivity index (χ0) is 17.5. The van der Waals surface area contributed by atoms with Crippen LogP contribution in [0.3, 0.4) is 0 Å². The second-order valence-corrected chi connectivity index (χ2v) is 6.23. The molecule has 0 N–H and O–H groups in total. The molecule has 2 aromatic heterocycles. The highest BCUT2D eigenvalue weighted by Gasteiger charge is 2.21. The summed E-state index contributed by atoms with van der Waals surface area (Å²) in [5.41, 5.74) is 2.30. The molecule has 0 fully saturated rings. The minimum absolute atomic E-state index is 0.0456. The number of allylic oxidation sites excluding steroid dienone is 1. The average Bonchev–Trinajstić information content (AvgIpc) is 3.16. The maximum absolute atomic E-state index is 13.2. The Balaban J connectivity index is 1.85. The quantitative estimate of drug-likeness (QED) is 0.556. The first-order valence-electron chi connectivity index (χ1n) is 8.49. The van der Waals surface area contributed by atoms with E-state index in [1.165, 1.54) is 0 Å². The van der Waals surface area contributed by atoms with E-state index >= 15 is 0 Å². The molecule has 5 nitrogen and oxygen atoms in total. The van der Waals surface area contributed by atoms with Gasteiger partial charge in [-0.15, -0.1) is 0 Å². The fourth-order valence-corrected chi connectivity index (χ4v) is 3.38. The van der Waals surface area contributed by atoms with Gasteiger partial charge in [0.15, 0.2) is 0 Å². The van der Waals surface area contributed by atoms with E-state index in [1.807, 2.05) is 66.7 Å². The van der Waals surface area contributed by atoms with Crippen molar-refractivity contribution in [3.63, 3.8) is 0 Å². The van der Waals surface area contributed by atoms with E-state index in [4.69, 9.17) is 4.42 Å². The number of aliphatic imine (C=N–C) groups is 1. The highest BCUT2D eigenvalue weighted by atomic mass is 16.4. The van der Waals surface area contributed by atoms with Crippen molar-refractivity contribution in [2.24, 2.45) is 4.99 Å². The molecule has 5 rings (SSSR count). The van der Waals surface area contributed by atoms with Crippen LogP contribution in [0.1, 0.15) is 11.8 Å². The highest BCUT2D eigenvalue weighted by molar-refractivity contribution is 6.02. The van der Waals surface area contributed by atoms with Crippen molar-refractivity contribution in [2.45, 2.75) is 5.92 Å². The first-order valence-corrected chi connectivity index (χ1v) is 8.49. The minimum Gasteiger partial charge on any atom is -0.434 e. The van der Waals surface area contributed by atoms with E-state index < -0.39 is 0 Å². The molecule has 0 aliphatic carbocycles. The Morgan fingerprint density at radius 2 is 1.85 bits per heavy atom. The first kappa shape index (κ1) is 14.8. The third-order valence-corrected chi connectivity index (χ3v) is 4.61. The van der Waals surface area contributed by atoms with Gasteiger partial charge in [0.05, 0.1) is 18.0 Å². The van der Waals surface area contributed by atoms with Crippen LogP contribution in [-0.2, 0) is 0 Å². The second kappa shape index (κ2) is 5.81.